The minimum absolute atomic E-state index is 0.399. The van der Waals surface area contributed by atoms with Crippen molar-refractivity contribution in [3.05, 3.63) is 34.9 Å². The van der Waals surface area contributed by atoms with Gasteiger partial charge in [0, 0.05) is 30.7 Å². The SMILES string of the molecule is Clc1cccc(C(CNCC2CC2)N2CCOCC2)c1. The van der Waals surface area contributed by atoms with Gasteiger partial charge in [0.2, 0.25) is 0 Å². The molecule has 3 nitrogen and oxygen atoms in total. The molecule has 1 aromatic rings. The molecule has 1 saturated carbocycles. The van der Waals surface area contributed by atoms with E-state index in [0.717, 1.165) is 50.3 Å². The lowest BCUT2D eigenvalue weighted by atomic mass is 10.0. The molecule has 110 valence electrons. The molecule has 0 spiro atoms. The minimum atomic E-state index is 0.399. The molecule has 1 saturated heterocycles. The molecular formula is C16H23ClN2O. The van der Waals surface area contributed by atoms with E-state index in [1.165, 1.54) is 18.4 Å². The Morgan fingerprint density at radius 2 is 2.10 bits per heavy atom. The van der Waals surface area contributed by atoms with Gasteiger partial charge in [-0.05, 0) is 43.0 Å². The lowest BCUT2D eigenvalue weighted by molar-refractivity contribution is 0.0161. The summed E-state index contributed by atoms with van der Waals surface area (Å²) in [5, 5.41) is 4.46. The van der Waals surface area contributed by atoms with Crippen LogP contribution in [0.2, 0.25) is 5.02 Å². The van der Waals surface area contributed by atoms with Gasteiger partial charge in [0.05, 0.1) is 13.2 Å². The van der Waals surface area contributed by atoms with E-state index in [2.05, 4.69) is 22.3 Å². The van der Waals surface area contributed by atoms with Crippen LogP contribution in [0.5, 0.6) is 0 Å². The van der Waals surface area contributed by atoms with E-state index in [1.807, 2.05) is 12.1 Å². The van der Waals surface area contributed by atoms with E-state index in [0.29, 0.717) is 6.04 Å². The Labute approximate surface area is 126 Å². The van der Waals surface area contributed by atoms with Crippen LogP contribution >= 0.6 is 11.6 Å². The number of benzene rings is 1. The molecule has 1 aliphatic carbocycles. The predicted molar refractivity (Wildman–Crippen MR) is 82.2 cm³/mol. The summed E-state index contributed by atoms with van der Waals surface area (Å²) in [5.74, 6) is 0.916. The van der Waals surface area contributed by atoms with Crippen LogP contribution in [0, 0.1) is 5.92 Å². The number of nitrogens with one attached hydrogen (secondary N) is 1. The molecule has 2 fully saturated rings. The largest absolute Gasteiger partial charge is 0.379 e. The van der Waals surface area contributed by atoms with E-state index in [9.17, 15) is 0 Å². The number of halogens is 1. The molecule has 1 heterocycles. The molecule has 4 heteroatoms. The Balaban J connectivity index is 1.67. The molecule has 1 atom stereocenters. The quantitative estimate of drug-likeness (QED) is 0.873. The summed E-state index contributed by atoms with van der Waals surface area (Å²) in [4.78, 5) is 2.51. The van der Waals surface area contributed by atoms with Crippen molar-refractivity contribution in [2.24, 2.45) is 5.92 Å². The Bertz CT molecular complexity index is 430. The lowest BCUT2D eigenvalue weighted by Gasteiger charge is -2.35. The van der Waals surface area contributed by atoms with E-state index < -0.39 is 0 Å². The topological polar surface area (TPSA) is 24.5 Å². The minimum Gasteiger partial charge on any atom is -0.379 e. The van der Waals surface area contributed by atoms with E-state index in [-0.39, 0.29) is 0 Å². The zero-order valence-corrected chi connectivity index (χ0v) is 12.6. The number of hydrogen-bond acceptors (Lipinski definition) is 3. The summed E-state index contributed by atoms with van der Waals surface area (Å²) < 4.78 is 5.47. The Kier molecular flexibility index (Phi) is 4.94. The maximum absolute atomic E-state index is 6.16. The van der Waals surface area contributed by atoms with Gasteiger partial charge in [0.25, 0.3) is 0 Å². The van der Waals surface area contributed by atoms with Crippen LogP contribution in [-0.4, -0.2) is 44.3 Å². The highest BCUT2D eigenvalue weighted by Crippen LogP contribution is 2.28. The summed E-state index contributed by atoms with van der Waals surface area (Å²) in [6, 6.07) is 8.67. The van der Waals surface area contributed by atoms with Crippen molar-refractivity contribution in [3.63, 3.8) is 0 Å². The van der Waals surface area contributed by atoms with Crippen molar-refractivity contribution in [1.29, 1.82) is 0 Å². The van der Waals surface area contributed by atoms with Crippen molar-refractivity contribution in [2.45, 2.75) is 18.9 Å². The molecule has 0 amide bonds. The molecule has 0 aromatic heterocycles. The van der Waals surface area contributed by atoms with Gasteiger partial charge < -0.3 is 10.1 Å². The first-order chi connectivity index (χ1) is 9.83. The first-order valence-corrected chi connectivity index (χ1v) is 7.99. The number of nitrogens with zero attached hydrogens (tertiary/aromatic N) is 1. The second kappa shape index (κ2) is 6.90. The van der Waals surface area contributed by atoms with Crippen LogP contribution in [0.1, 0.15) is 24.4 Å². The number of ether oxygens (including phenoxy) is 1. The van der Waals surface area contributed by atoms with Crippen LogP contribution in [0.25, 0.3) is 0 Å². The number of hydrogen-bond donors (Lipinski definition) is 1. The highest BCUT2D eigenvalue weighted by molar-refractivity contribution is 6.30. The third-order valence-corrected chi connectivity index (χ3v) is 4.42. The Hall–Kier alpha value is -0.610. The smallest absolute Gasteiger partial charge is 0.0594 e. The molecule has 2 aliphatic rings. The molecule has 1 unspecified atom stereocenters. The van der Waals surface area contributed by atoms with Crippen LogP contribution in [0.4, 0.5) is 0 Å². The highest BCUT2D eigenvalue weighted by atomic mass is 35.5. The Morgan fingerprint density at radius 1 is 1.30 bits per heavy atom. The summed E-state index contributed by atoms with van der Waals surface area (Å²) in [5.41, 5.74) is 1.31. The van der Waals surface area contributed by atoms with Crippen molar-refractivity contribution < 1.29 is 4.74 Å². The molecule has 0 radical (unpaired) electrons. The zero-order valence-electron chi connectivity index (χ0n) is 11.9. The highest BCUT2D eigenvalue weighted by Gasteiger charge is 2.25. The third kappa shape index (κ3) is 3.95. The fourth-order valence-corrected chi connectivity index (χ4v) is 3.01. The molecular weight excluding hydrogens is 272 g/mol. The molecule has 1 aromatic carbocycles. The summed E-state index contributed by atoms with van der Waals surface area (Å²) in [6.07, 6.45) is 2.79. The van der Waals surface area contributed by atoms with Gasteiger partial charge in [-0.25, -0.2) is 0 Å². The van der Waals surface area contributed by atoms with Gasteiger partial charge in [0.15, 0.2) is 0 Å². The monoisotopic (exact) mass is 294 g/mol. The first-order valence-electron chi connectivity index (χ1n) is 7.61. The summed E-state index contributed by atoms with van der Waals surface area (Å²) in [6.45, 7) is 5.82. The second-order valence-corrected chi connectivity index (χ2v) is 6.26. The van der Waals surface area contributed by atoms with E-state index >= 15 is 0 Å². The van der Waals surface area contributed by atoms with E-state index in [1.54, 1.807) is 0 Å². The zero-order chi connectivity index (χ0) is 13.8. The summed E-state index contributed by atoms with van der Waals surface area (Å²) >= 11 is 6.16. The number of morpholine rings is 1. The van der Waals surface area contributed by atoms with Crippen molar-refractivity contribution in [2.75, 3.05) is 39.4 Å². The van der Waals surface area contributed by atoms with Crippen molar-refractivity contribution in [1.82, 2.24) is 10.2 Å². The standard InChI is InChI=1S/C16H23ClN2O/c17-15-3-1-2-14(10-15)16(12-18-11-13-4-5-13)19-6-8-20-9-7-19/h1-3,10,13,16,18H,4-9,11-12H2. The molecule has 1 N–H and O–H groups in total. The fourth-order valence-electron chi connectivity index (χ4n) is 2.81. The molecule has 0 bridgehead atoms. The predicted octanol–water partition coefficient (Wildman–Crippen LogP) is 2.71. The fraction of sp³-hybridized carbons (Fsp3) is 0.625. The molecule has 20 heavy (non-hydrogen) atoms. The Morgan fingerprint density at radius 3 is 2.80 bits per heavy atom. The third-order valence-electron chi connectivity index (χ3n) is 4.19. The van der Waals surface area contributed by atoms with Gasteiger partial charge in [-0.1, -0.05) is 23.7 Å². The first kappa shape index (κ1) is 14.3. The van der Waals surface area contributed by atoms with Gasteiger partial charge in [-0.2, -0.15) is 0 Å². The average molecular weight is 295 g/mol. The van der Waals surface area contributed by atoms with Crippen LogP contribution in [-0.2, 0) is 4.74 Å². The van der Waals surface area contributed by atoms with Crippen molar-refractivity contribution in [3.8, 4) is 0 Å². The van der Waals surface area contributed by atoms with Crippen LogP contribution in [0.15, 0.2) is 24.3 Å². The second-order valence-electron chi connectivity index (χ2n) is 5.82. The van der Waals surface area contributed by atoms with Crippen LogP contribution in [0.3, 0.4) is 0 Å². The number of rotatable bonds is 6. The van der Waals surface area contributed by atoms with Gasteiger partial charge in [-0.3, -0.25) is 4.90 Å². The van der Waals surface area contributed by atoms with Crippen molar-refractivity contribution >= 4 is 11.6 Å². The average Bonchev–Trinajstić information content (AvgIpc) is 3.29. The van der Waals surface area contributed by atoms with E-state index in [4.69, 9.17) is 16.3 Å². The van der Waals surface area contributed by atoms with Gasteiger partial charge in [0.1, 0.15) is 0 Å². The molecule has 3 rings (SSSR count). The van der Waals surface area contributed by atoms with Crippen LogP contribution < -0.4 is 5.32 Å². The maximum Gasteiger partial charge on any atom is 0.0594 e. The van der Waals surface area contributed by atoms with Gasteiger partial charge in [-0.15, -0.1) is 0 Å². The maximum atomic E-state index is 6.16. The molecule has 1 aliphatic heterocycles. The van der Waals surface area contributed by atoms with Gasteiger partial charge >= 0.3 is 0 Å². The normalized spacial score (nSPS) is 21.9. The lowest BCUT2D eigenvalue weighted by Crippen LogP contribution is -2.43. The summed E-state index contributed by atoms with van der Waals surface area (Å²) in [7, 11) is 0.